The molecule has 0 aliphatic carbocycles. The van der Waals surface area contributed by atoms with E-state index in [1.165, 1.54) is 7.11 Å². The highest BCUT2D eigenvalue weighted by Crippen LogP contribution is 2.19. The molecule has 0 atom stereocenters. The first kappa shape index (κ1) is 14.5. The number of methoxy groups -OCH3 is 1. The molecule has 2 radical (unpaired) electrons. The summed E-state index contributed by atoms with van der Waals surface area (Å²) in [4.78, 5) is 0. The molecule has 0 aliphatic heterocycles. The van der Waals surface area contributed by atoms with Crippen LogP contribution in [-0.2, 0) is 14.9 Å². The summed E-state index contributed by atoms with van der Waals surface area (Å²) in [5, 5.41) is 0. The highest BCUT2D eigenvalue weighted by atomic mass is 32.2. The van der Waals surface area contributed by atoms with Crippen LogP contribution in [0.3, 0.4) is 0 Å². The Labute approximate surface area is 107 Å². The van der Waals surface area contributed by atoms with Crippen LogP contribution in [0.2, 0.25) is 0 Å². The summed E-state index contributed by atoms with van der Waals surface area (Å²) in [5.41, 5.74) is 0.623. The van der Waals surface area contributed by atoms with Crippen molar-refractivity contribution < 1.29 is 22.4 Å². The molecule has 5 nitrogen and oxygen atoms in total. The van der Waals surface area contributed by atoms with E-state index in [1.54, 1.807) is 18.2 Å². The first-order valence-corrected chi connectivity index (χ1v) is 6.80. The van der Waals surface area contributed by atoms with Crippen LogP contribution in [0.1, 0.15) is 12.0 Å². The Balaban J connectivity index is 2.45. The molecule has 6 heteroatoms. The molecule has 0 bridgehead atoms. The largest absolute Gasteiger partial charge is 0.496 e. The molecular formula is C12H14O5S. The maximum atomic E-state index is 10.5. The Hall–Kier alpha value is -1.53. The maximum Gasteiger partial charge on any atom is 0.264 e. The zero-order chi connectivity index (χ0) is 13.6. The predicted octanol–water partition coefficient (Wildman–Crippen LogP) is 1.56. The number of rotatable bonds is 7. The van der Waals surface area contributed by atoms with Crippen LogP contribution in [0.5, 0.6) is 5.75 Å². The Morgan fingerprint density at radius 3 is 2.89 bits per heavy atom. The van der Waals surface area contributed by atoms with Crippen molar-refractivity contribution in [3.63, 3.8) is 0 Å². The molecule has 98 valence electrons. The van der Waals surface area contributed by atoms with Crippen molar-refractivity contribution in [3.05, 3.63) is 36.4 Å². The molecule has 0 aromatic heterocycles. The number of hydrogen-bond donors (Lipinski definition) is 1. The van der Waals surface area contributed by atoms with E-state index in [2.05, 4.69) is 6.07 Å². The second kappa shape index (κ2) is 6.42. The fourth-order valence-corrected chi connectivity index (χ4v) is 1.71. The van der Waals surface area contributed by atoms with Gasteiger partial charge in [0.1, 0.15) is 11.5 Å². The second-order valence-electron chi connectivity index (χ2n) is 3.50. The first-order chi connectivity index (χ1) is 8.42. The summed E-state index contributed by atoms with van der Waals surface area (Å²) in [7, 11) is -2.44. The first-order valence-electron chi connectivity index (χ1n) is 5.19. The number of ether oxygens (including phenoxy) is 2. The molecule has 1 aromatic carbocycles. The third-order valence-electron chi connectivity index (χ3n) is 2.08. The van der Waals surface area contributed by atoms with Crippen LogP contribution < -0.4 is 4.74 Å². The van der Waals surface area contributed by atoms with E-state index in [4.69, 9.17) is 20.6 Å². The third kappa shape index (κ3) is 5.20. The van der Waals surface area contributed by atoms with Gasteiger partial charge in [-0.2, -0.15) is 8.42 Å². The van der Waals surface area contributed by atoms with Crippen molar-refractivity contribution in [2.24, 2.45) is 0 Å². The van der Waals surface area contributed by atoms with Crippen LogP contribution in [0.25, 0.3) is 5.76 Å². The molecule has 0 heterocycles. The van der Waals surface area contributed by atoms with Gasteiger partial charge < -0.3 is 9.47 Å². The van der Waals surface area contributed by atoms with E-state index in [0.717, 1.165) is 0 Å². The Bertz CT molecular complexity index is 507. The lowest BCUT2D eigenvalue weighted by Crippen LogP contribution is -2.06. The fraction of sp³-hybridized carbons (Fsp3) is 0.333. The summed E-state index contributed by atoms with van der Waals surface area (Å²) >= 11 is 0. The van der Waals surface area contributed by atoms with E-state index in [9.17, 15) is 8.42 Å². The van der Waals surface area contributed by atoms with Gasteiger partial charge in [-0.15, -0.1) is 0 Å². The molecule has 0 fully saturated rings. The number of hydrogen-bond acceptors (Lipinski definition) is 4. The zero-order valence-electron chi connectivity index (χ0n) is 9.92. The lowest BCUT2D eigenvalue weighted by molar-refractivity contribution is 0.276. The van der Waals surface area contributed by atoms with Gasteiger partial charge in [0.2, 0.25) is 0 Å². The Kier molecular flexibility index (Phi) is 5.18. The van der Waals surface area contributed by atoms with Gasteiger partial charge in [0.05, 0.1) is 19.5 Å². The van der Waals surface area contributed by atoms with Crippen molar-refractivity contribution in [3.8, 4) is 5.75 Å². The molecule has 1 aromatic rings. The highest BCUT2D eigenvalue weighted by Gasteiger charge is 2.06. The van der Waals surface area contributed by atoms with Crippen molar-refractivity contribution in [2.45, 2.75) is 6.42 Å². The minimum absolute atomic E-state index is 0.104. The summed E-state index contributed by atoms with van der Waals surface area (Å²) in [5.74, 6) is 0.334. The van der Waals surface area contributed by atoms with E-state index >= 15 is 0 Å². The fourth-order valence-electron chi connectivity index (χ4n) is 1.22. The van der Waals surface area contributed by atoms with E-state index in [0.29, 0.717) is 11.3 Å². The van der Waals surface area contributed by atoms with Crippen molar-refractivity contribution in [1.82, 2.24) is 0 Å². The summed E-state index contributed by atoms with van der Waals surface area (Å²) in [6.07, 6.45) is 0.162. The van der Waals surface area contributed by atoms with Crippen molar-refractivity contribution in [1.29, 1.82) is 0 Å². The van der Waals surface area contributed by atoms with Gasteiger partial charge in [-0.25, -0.2) is 0 Å². The smallest absolute Gasteiger partial charge is 0.264 e. The standard InChI is InChI=1S/C12H14O5S/c1-10(17-7-4-8-18(13,14)15)11-5-3-6-12(9-11)16-2/h1,3,5,9H,4,7-8H2,2H3,(H,13,14,15). The molecule has 0 saturated carbocycles. The molecular weight excluding hydrogens is 256 g/mol. The van der Waals surface area contributed by atoms with Gasteiger partial charge in [0.15, 0.2) is 0 Å². The summed E-state index contributed by atoms with van der Waals surface area (Å²) in [6, 6.07) is 7.83. The van der Waals surface area contributed by atoms with Gasteiger partial charge in [-0.3, -0.25) is 4.55 Å². The number of benzene rings is 1. The minimum Gasteiger partial charge on any atom is -0.496 e. The topological polar surface area (TPSA) is 72.8 Å². The van der Waals surface area contributed by atoms with Crippen molar-refractivity contribution in [2.75, 3.05) is 19.5 Å². The van der Waals surface area contributed by atoms with E-state index < -0.39 is 10.1 Å². The summed E-state index contributed by atoms with van der Waals surface area (Å²) < 4.78 is 39.6. The molecule has 0 saturated heterocycles. The van der Waals surface area contributed by atoms with Crippen LogP contribution >= 0.6 is 0 Å². The van der Waals surface area contributed by atoms with Gasteiger partial charge in [-0.05, 0) is 25.1 Å². The third-order valence-corrected chi connectivity index (χ3v) is 2.89. The normalized spacial score (nSPS) is 11.0. The molecule has 1 rings (SSSR count). The molecule has 1 N–H and O–H groups in total. The highest BCUT2D eigenvalue weighted by molar-refractivity contribution is 7.85. The molecule has 0 aliphatic rings. The van der Waals surface area contributed by atoms with Gasteiger partial charge in [-0.1, -0.05) is 6.07 Å². The second-order valence-corrected chi connectivity index (χ2v) is 5.07. The minimum atomic E-state index is -3.95. The summed E-state index contributed by atoms with van der Waals surface area (Å²) in [6.45, 7) is 5.79. The lowest BCUT2D eigenvalue weighted by atomic mass is 10.2. The average molecular weight is 270 g/mol. The van der Waals surface area contributed by atoms with Crippen molar-refractivity contribution >= 4 is 15.9 Å². The van der Waals surface area contributed by atoms with Crippen LogP contribution in [0.15, 0.2) is 18.2 Å². The quantitative estimate of drug-likeness (QED) is 0.462. The lowest BCUT2D eigenvalue weighted by Gasteiger charge is -2.09. The van der Waals surface area contributed by atoms with Gasteiger partial charge in [0.25, 0.3) is 10.1 Å². The zero-order valence-corrected chi connectivity index (χ0v) is 10.7. The van der Waals surface area contributed by atoms with Crippen LogP contribution in [0.4, 0.5) is 0 Å². The molecule has 0 amide bonds. The Morgan fingerprint density at radius 2 is 2.28 bits per heavy atom. The average Bonchev–Trinajstić information content (AvgIpc) is 2.33. The SMILES string of the molecule is [CH]=C(OCCCS(=O)(=O)O)c1cc[c]c(OC)c1. The van der Waals surface area contributed by atoms with E-state index in [-0.39, 0.29) is 24.5 Å². The van der Waals surface area contributed by atoms with E-state index in [1.807, 2.05) is 0 Å². The van der Waals surface area contributed by atoms with Crippen LogP contribution in [0, 0.1) is 12.6 Å². The molecule has 18 heavy (non-hydrogen) atoms. The van der Waals surface area contributed by atoms with Gasteiger partial charge in [0, 0.05) is 11.6 Å². The molecule has 0 spiro atoms. The molecule has 0 unspecified atom stereocenters. The van der Waals surface area contributed by atoms with Crippen LogP contribution in [-0.4, -0.2) is 32.4 Å². The Morgan fingerprint density at radius 1 is 1.56 bits per heavy atom. The van der Waals surface area contributed by atoms with Gasteiger partial charge >= 0.3 is 0 Å². The monoisotopic (exact) mass is 270 g/mol. The maximum absolute atomic E-state index is 10.5. The predicted molar refractivity (Wildman–Crippen MR) is 66.5 cm³/mol.